The van der Waals surface area contributed by atoms with Crippen molar-refractivity contribution in [3.63, 3.8) is 0 Å². The second-order valence-electron chi connectivity index (χ2n) is 6.12. The van der Waals surface area contributed by atoms with Crippen molar-refractivity contribution in [3.05, 3.63) is 29.6 Å². The first-order valence-electron chi connectivity index (χ1n) is 6.83. The molecule has 3 nitrogen and oxygen atoms in total. The smallest absolute Gasteiger partial charge is 0.396 e. The van der Waals surface area contributed by atoms with Crippen molar-refractivity contribution in [1.82, 2.24) is 9.55 Å². The number of fused-ring (bicyclic) bond motifs is 1. The maximum atomic E-state index is 12.8. The normalized spacial score (nSPS) is 13.1. The van der Waals surface area contributed by atoms with E-state index in [1.54, 1.807) is 0 Å². The van der Waals surface area contributed by atoms with Gasteiger partial charge in [-0.2, -0.15) is 13.2 Å². The molecule has 0 bridgehead atoms. The third-order valence-electron chi connectivity index (χ3n) is 3.29. The SMILES string of the molecule is CC(C)(C)c1nc2cc(C(F)(F)F)ccc2n1CCCO. The van der Waals surface area contributed by atoms with E-state index in [9.17, 15) is 13.2 Å². The zero-order valence-corrected chi connectivity index (χ0v) is 12.3. The van der Waals surface area contributed by atoms with Gasteiger partial charge in [-0.15, -0.1) is 0 Å². The molecular weight excluding hydrogens is 281 g/mol. The van der Waals surface area contributed by atoms with E-state index in [0.717, 1.165) is 18.0 Å². The Morgan fingerprint density at radius 2 is 1.86 bits per heavy atom. The van der Waals surface area contributed by atoms with Crippen LogP contribution in [-0.2, 0) is 18.1 Å². The lowest BCUT2D eigenvalue weighted by Crippen LogP contribution is -2.19. The molecule has 6 heteroatoms. The fourth-order valence-corrected chi connectivity index (χ4v) is 2.33. The molecule has 0 radical (unpaired) electrons. The Hall–Kier alpha value is -1.56. The number of imidazole rings is 1. The number of aromatic nitrogens is 2. The Morgan fingerprint density at radius 1 is 1.19 bits per heavy atom. The molecule has 1 aromatic carbocycles. The summed E-state index contributed by atoms with van der Waals surface area (Å²) in [5, 5.41) is 9.00. The van der Waals surface area contributed by atoms with Crippen LogP contribution in [0.15, 0.2) is 18.2 Å². The zero-order valence-electron chi connectivity index (χ0n) is 12.3. The molecule has 1 N–H and O–H groups in total. The zero-order chi connectivity index (χ0) is 15.8. The molecule has 2 aromatic rings. The first kappa shape index (κ1) is 15.8. The maximum Gasteiger partial charge on any atom is 0.416 e. The molecule has 0 aliphatic heterocycles. The van der Waals surface area contributed by atoms with Crippen LogP contribution >= 0.6 is 0 Å². The largest absolute Gasteiger partial charge is 0.416 e. The number of alkyl halides is 3. The lowest BCUT2D eigenvalue weighted by Gasteiger charge is -2.20. The second kappa shape index (κ2) is 5.33. The fraction of sp³-hybridized carbons (Fsp3) is 0.533. The van der Waals surface area contributed by atoms with Gasteiger partial charge >= 0.3 is 6.18 Å². The van der Waals surface area contributed by atoms with E-state index in [4.69, 9.17) is 5.11 Å². The molecule has 0 amide bonds. The van der Waals surface area contributed by atoms with Gasteiger partial charge in [-0.3, -0.25) is 0 Å². The lowest BCUT2D eigenvalue weighted by atomic mass is 9.95. The number of nitrogens with zero attached hydrogens (tertiary/aromatic N) is 2. The summed E-state index contributed by atoms with van der Waals surface area (Å²) < 4.78 is 40.3. The van der Waals surface area contributed by atoms with E-state index in [1.807, 2.05) is 25.3 Å². The molecule has 0 saturated carbocycles. The van der Waals surface area contributed by atoms with Crippen LogP contribution in [0.25, 0.3) is 11.0 Å². The van der Waals surface area contributed by atoms with Crippen LogP contribution in [0.5, 0.6) is 0 Å². The molecule has 0 fully saturated rings. The van der Waals surface area contributed by atoms with Crippen molar-refractivity contribution < 1.29 is 18.3 Å². The van der Waals surface area contributed by atoms with Crippen LogP contribution in [0.2, 0.25) is 0 Å². The lowest BCUT2D eigenvalue weighted by molar-refractivity contribution is -0.137. The molecule has 1 heterocycles. The number of aryl methyl sites for hydroxylation is 1. The Bertz CT molecular complexity index is 639. The monoisotopic (exact) mass is 300 g/mol. The van der Waals surface area contributed by atoms with Gasteiger partial charge < -0.3 is 9.67 Å². The minimum atomic E-state index is -4.37. The van der Waals surface area contributed by atoms with Gasteiger partial charge in [-0.1, -0.05) is 20.8 Å². The molecule has 0 unspecified atom stereocenters. The van der Waals surface area contributed by atoms with Gasteiger partial charge in [0.2, 0.25) is 0 Å². The average Bonchev–Trinajstić information content (AvgIpc) is 2.73. The number of benzene rings is 1. The standard InChI is InChI=1S/C15H19F3N2O/c1-14(2,3)13-19-11-9-10(15(16,17)18)5-6-12(11)20(13)7-4-8-21/h5-6,9,21H,4,7-8H2,1-3H3. The molecule has 0 saturated heterocycles. The van der Waals surface area contributed by atoms with Crippen LogP contribution in [0.4, 0.5) is 13.2 Å². The van der Waals surface area contributed by atoms with Gasteiger partial charge in [0.15, 0.2) is 0 Å². The molecule has 116 valence electrons. The Balaban J connectivity index is 2.61. The summed E-state index contributed by atoms with van der Waals surface area (Å²) in [6, 6.07) is 3.61. The van der Waals surface area contributed by atoms with Crippen molar-refractivity contribution in [3.8, 4) is 0 Å². The summed E-state index contributed by atoms with van der Waals surface area (Å²) in [4.78, 5) is 4.39. The minimum Gasteiger partial charge on any atom is -0.396 e. The van der Waals surface area contributed by atoms with E-state index in [1.165, 1.54) is 6.07 Å². The van der Waals surface area contributed by atoms with Crippen molar-refractivity contribution in [2.45, 2.75) is 45.3 Å². The van der Waals surface area contributed by atoms with E-state index in [2.05, 4.69) is 4.98 Å². The summed E-state index contributed by atoms with van der Waals surface area (Å²) >= 11 is 0. The number of hydrogen-bond acceptors (Lipinski definition) is 2. The first-order chi connectivity index (χ1) is 9.64. The topological polar surface area (TPSA) is 38.0 Å². The highest BCUT2D eigenvalue weighted by Gasteiger charge is 2.31. The van der Waals surface area contributed by atoms with E-state index in [0.29, 0.717) is 24.0 Å². The highest BCUT2D eigenvalue weighted by atomic mass is 19.4. The third kappa shape index (κ3) is 3.20. The Morgan fingerprint density at radius 3 is 2.38 bits per heavy atom. The van der Waals surface area contributed by atoms with Gasteiger partial charge in [0, 0.05) is 18.6 Å². The first-order valence-corrected chi connectivity index (χ1v) is 6.83. The van der Waals surface area contributed by atoms with Crippen LogP contribution < -0.4 is 0 Å². The van der Waals surface area contributed by atoms with Crippen LogP contribution in [0.1, 0.15) is 38.6 Å². The van der Waals surface area contributed by atoms with E-state index < -0.39 is 11.7 Å². The number of aliphatic hydroxyl groups excluding tert-OH is 1. The Kier molecular flexibility index (Phi) is 4.02. The van der Waals surface area contributed by atoms with Crippen molar-refractivity contribution in [2.75, 3.05) is 6.61 Å². The molecule has 0 aliphatic carbocycles. The molecule has 0 aliphatic rings. The van der Waals surface area contributed by atoms with Crippen LogP contribution in [0.3, 0.4) is 0 Å². The fourth-order valence-electron chi connectivity index (χ4n) is 2.33. The number of halogens is 3. The number of rotatable bonds is 3. The van der Waals surface area contributed by atoms with Crippen molar-refractivity contribution in [1.29, 1.82) is 0 Å². The van der Waals surface area contributed by atoms with Gasteiger partial charge in [0.25, 0.3) is 0 Å². The minimum absolute atomic E-state index is 0.0316. The van der Waals surface area contributed by atoms with Crippen LogP contribution in [0, 0.1) is 0 Å². The van der Waals surface area contributed by atoms with Gasteiger partial charge in [-0.25, -0.2) is 4.98 Å². The number of aliphatic hydroxyl groups is 1. The van der Waals surface area contributed by atoms with Gasteiger partial charge in [0.1, 0.15) is 5.82 Å². The highest BCUT2D eigenvalue weighted by molar-refractivity contribution is 5.77. The van der Waals surface area contributed by atoms with E-state index in [-0.39, 0.29) is 12.0 Å². The second-order valence-corrected chi connectivity index (χ2v) is 6.12. The Labute approximate surface area is 121 Å². The van der Waals surface area contributed by atoms with Gasteiger partial charge in [0.05, 0.1) is 16.6 Å². The quantitative estimate of drug-likeness (QED) is 0.938. The summed E-state index contributed by atoms with van der Waals surface area (Å²) in [6.45, 7) is 6.46. The summed E-state index contributed by atoms with van der Waals surface area (Å²) in [7, 11) is 0. The van der Waals surface area contributed by atoms with Crippen molar-refractivity contribution in [2.24, 2.45) is 0 Å². The molecule has 0 spiro atoms. The summed E-state index contributed by atoms with van der Waals surface area (Å²) in [6.07, 6.45) is -3.83. The molecule has 2 rings (SSSR count). The summed E-state index contributed by atoms with van der Waals surface area (Å²) in [5.41, 5.74) is 0.0312. The maximum absolute atomic E-state index is 12.8. The predicted octanol–water partition coefficient (Wildman–Crippen LogP) is 3.74. The van der Waals surface area contributed by atoms with Crippen LogP contribution in [-0.4, -0.2) is 21.3 Å². The van der Waals surface area contributed by atoms with E-state index >= 15 is 0 Å². The highest BCUT2D eigenvalue weighted by Crippen LogP contribution is 2.33. The molecule has 21 heavy (non-hydrogen) atoms. The predicted molar refractivity (Wildman–Crippen MR) is 75.1 cm³/mol. The van der Waals surface area contributed by atoms with Crippen molar-refractivity contribution >= 4 is 11.0 Å². The number of hydrogen-bond donors (Lipinski definition) is 1. The summed E-state index contributed by atoms with van der Waals surface area (Å²) in [5.74, 6) is 0.727. The van der Waals surface area contributed by atoms with Gasteiger partial charge in [-0.05, 0) is 24.6 Å². The molecule has 1 aromatic heterocycles. The average molecular weight is 300 g/mol. The third-order valence-corrected chi connectivity index (χ3v) is 3.29. The molecular formula is C15H19F3N2O. The molecule has 0 atom stereocenters.